The SMILES string of the molecule is COC(=O)C1(COc2ccc3ncc(F)c(CCC45CCC(NC(=O)OC(C)(C)C)(CC4)CO5)c3n2)CC1. The first-order chi connectivity index (χ1) is 18.0. The number of aromatic nitrogens is 2. The standard InChI is InChI=1S/C28H36FN3O6/c1-25(2,3)38-24(34)32-27-11-13-28(14-12-27,37-17-27)8-7-18-19(29)15-30-20-5-6-21(31-22(18)20)36-16-26(9-10-26)23(33)35-4/h5-6,15H,7-14,16-17H2,1-4H3,(H,32,34). The number of fused-ring (bicyclic) bond motifs is 4. The molecule has 10 heteroatoms. The fourth-order valence-corrected chi connectivity index (χ4v) is 5.50. The van der Waals surface area contributed by atoms with Gasteiger partial charge in [-0.2, -0.15) is 0 Å². The highest BCUT2D eigenvalue weighted by Crippen LogP contribution is 2.47. The third-order valence-electron chi connectivity index (χ3n) is 8.08. The number of nitrogens with zero attached hydrogens (tertiary/aromatic N) is 2. The van der Waals surface area contributed by atoms with Crippen molar-refractivity contribution in [2.45, 2.75) is 88.9 Å². The first kappa shape index (κ1) is 26.6. The molecule has 2 aromatic rings. The third kappa shape index (κ3) is 5.41. The highest BCUT2D eigenvalue weighted by atomic mass is 19.1. The van der Waals surface area contributed by atoms with Gasteiger partial charge in [0.1, 0.15) is 23.4 Å². The lowest BCUT2D eigenvalue weighted by Gasteiger charge is -2.53. The maximum absolute atomic E-state index is 15.0. The monoisotopic (exact) mass is 529 g/mol. The summed E-state index contributed by atoms with van der Waals surface area (Å²) < 4.78 is 37.5. The molecule has 0 aromatic carbocycles. The number of methoxy groups -OCH3 is 1. The fourth-order valence-electron chi connectivity index (χ4n) is 5.50. The second-order valence-electron chi connectivity index (χ2n) is 12.0. The van der Waals surface area contributed by atoms with Crippen LogP contribution >= 0.6 is 0 Å². The molecule has 9 nitrogen and oxygen atoms in total. The topological polar surface area (TPSA) is 109 Å². The maximum atomic E-state index is 15.0. The summed E-state index contributed by atoms with van der Waals surface area (Å²) in [6, 6.07) is 3.44. The Morgan fingerprint density at radius 2 is 1.87 bits per heavy atom. The van der Waals surface area contributed by atoms with Crippen LogP contribution in [0.4, 0.5) is 9.18 Å². The quantitative estimate of drug-likeness (QED) is 0.493. The van der Waals surface area contributed by atoms with Crippen LogP contribution in [0, 0.1) is 11.2 Å². The minimum atomic E-state index is -0.611. The molecule has 38 heavy (non-hydrogen) atoms. The zero-order valence-electron chi connectivity index (χ0n) is 22.5. The molecule has 6 rings (SSSR count). The number of alkyl carbamates (subject to hydrolysis) is 1. The van der Waals surface area contributed by atoms with Crippen molar-refractivity contribution < 1.29 is 32.9 Å². The normalized spacial score (nSPS) is 25.6. The summed E-state index contributed by atoms with van der Waals surface area (Å²) in [6.45, 7) is 6.10. The van der Waals surface area contributed by atoms with Crippen molar-refractivity contribution >= 4 is 23.1 Å². The van der Waals surface area contributed by atoms with Crippen LogP contribution in [0.15, 0.2) is 18.3 Å². The van der Waals surface area contributed by atoms with Crippen LogP contribution < -0.4 is 10.1 Å². The van der Waals surface area contributed by atoms with E-state index in [1.54, 1.807) is 12.1 Å². The van der Waals surface area contributed by atoms with Gasteiger partial charge < -0.3 is 24.3 Å². The number of hydrogen-bond acceptors (Lipinski definition) is 8. The van der Waals surface area contributed by atoms with Gasteiger partial charge in [-0.1, -0.05) is 0 Å². The van der Waals surface area contributed by atoms with Gasteiger partial charge in [-0.25, -0.2) is 14.2 Å². The number of amides is 1. The summed E-state index contributed by atoms with van der Waals surface area (Å²) in [7, 11) is 1.37. The first-order valence-corrected chi connectivity index (χ1v) is 13.3. The molecule has 206 valence electrons. The second kappa shape index (κ2) is 9.63. The van der Waals surface area contributed by atoms with Crippen LogP contribution in [0.3, 0.4) is 0 Å². The summed E-state index contributed by atoms with van der Waals surface area (Å²) in [6.07, 6.45) is 6.39. The van der Waals surface area contributed by atoms with E-state index >= 15 is 4.39 Å². The first-order valence-electron chi connectivity index (χ1n) is 13.3. The van der Waals surface area contributed by atoms with Gasteiger partial charge in [-0.15, -0.1) is 0 Å². The summed E-state index contributed by atoms with van der Waals surface area (Å²) in [4.78, 5) is 33.2. The Labute approximate surface area is 221 Å². The van der Waals surface area contributed by atoms with Crippen molar-refractivity contribution in [3.05, 3.63) is 29.7 Å². The van der Waals surface area contributed by atoms with Crippen LogP contribution in [0.1, 0.15) is 71.3 Å². The van der Waals surface area contributed by atoms with Crippen LogP contribution in [-0.4, -0.2) is 59.1 Å². The van der Waals surface area contributed by atoms with Crippen LogP contribution in [0.5, 0.6) is 5.88 Å². The smallest absolute Gasteiger partial charge is 0.408 e. The molecule has 1 amide bonds. The Kier molecular flexibility index (Phi) is 6.74. The highest BCUT2D eigenvalue weighted by molar-refractivity contribution is 5.80. The molecule has 2 aliphatic carbocycles. The van der Waals surface area contributed by atoms with Gasteiger partial charge in [0.05, 0.1) is 42.1 Å². The van der Waals surface area contributed by atoms with E-state index in [1.165, 1.54) is 13.3 Å². The Morgan fingerprint density at radius 1 is 1.13 bits per heavy atom. The molecular formula is C28H36FN3O6. The van der Waals surface area contributed by atoms with E-state index in [0.29, 0.717) is 54.8 Å². The minimum absolute atomic E-state index is 0.173. The summed E-state index contributed by atoms with van der Waals surface area (Å²) in [5.41, 5.74) is -0.459. The van der Waals surface area contributed by atoms with E-state index in [-0.39, 0.29) is 18.2 Å². The maximum Gasteiger partial charge on any atom is 0.408 e. The van der Waals surface area contributed by atoms with Crippen molar-refractivity contribution in [1.29, 1.82) is 0 Å². The number of esters is 1. The Hall–Kier alpha value is -3.01. The number of hydrogen-bond donors (Lipinski definition) is 1. The van der Waals surface area contributed by atoms with Crippen LogP contribution in [-0.2, 0) is 25.4 Å². The highest BCUT2D eigenvalue weighted by Gasteiger charge is 2.52. The van der Waals surface area contributed by atoms with Gasteiger partial charge in [0.25, 0.3) is 0 Å². The van der Waals surface area contributed by atoms with Crippen molar-refractivity contribution in [3.63, 3.8) is 0 Å². The van der Waals surface area contributed by atoms with Gasteiger partial charge in [0, 0.05) is 11.6 Å². The molecule has 4 fully saturated rings. The number of ether oxygens (including phenoxy) is 4. The van der Waals surface area contributed by atoms with Gasteiger partial charge in [-0.3, -0.25) is 9.78 Å². The molecule has 0 atom stereocenters. The average Bonchev–Trinajstić information content (AvgIpc) is 3.67. The van der Waals surface area contributed by atoms with Gasteiger partial charge >= 0.3 is 12.1 Å². The van der Waals surface area contributed by atoms with E-state index in [2.05, 4.69) is 15.3 Å². The van der Waals surface area contributed by atoms with Crippen molar-refractivity contribution in [3.8, 4) is 5.88 Å². The number of halogens is 1. The Balaban J connectivity index is 1.25. The van der Waals surface area contributed by atoms with E-state index in [0.717, 1.165) is 25.7 Å². The number of nitrogens with one attached hydrogen (secondary N) is 1. The Morgan fingerprint density at radius 3 is 2.47 bits per heavy atom. The second-order valence-corrected chi connectivity index (χ2v) is 12.0. The number of rotatable bonds is 8. The van der Waals surface area contributed by atoms with Crippen LogP contribution in [0.2, 0.25) is 0 Å². The van der Waals surface area contributed by atoms with Crippen molar-refractivity contribution in [2.24, 2.45) is 5.41 Å². The summed E-state index contributed by atoms with van der Waals surface area (Å²) in [5, 5.41) is 3.04. The Bertz CT molecular complexity index is 1210. The van der Waals surface area contributed by atoms with Gasteiger partial charge in [0.2, 0.25) is 5.88 Å². The molecule has 2 aliphatic heterocycles. The van der Waals surface area contributed by atoms with E-state index in [9.17, 15) is 9.59 Å². The number of carbonyl (C=O) groups is 2. The van der Waals surface area contributed by atoms with Gasteiger partial charge in [-0.05, 0) is 78.2 Å². The lowest BCUT2D eigenvalue weighted by atomic mass is 9.69. The van der Waals surface area contributed by atoms with Crippen molar-refractivity contribution in [2.75, 3.05) is 20.3 Å². The average molecular weight is 530 g/mol. The number of carbonyl (C=O) groups excluding carboxylic acids is 2. The molecule has 0 unspecified atom stereocenters. The van der Waals surface area contributed by atoms with Crippen molar-refractivity contribution in [1.82, 2.24) is 15.3 Å². The minimum Gasteiger partial charge on any atom is -0.476 e. The molecule has 2 saturated carbocycles. The number of pyridine rings is 2. The predicted octanol–water partition coefficient (Wildman–Crippen LogP) is 4.64. The summed E-state index contributed by atoms with van der Waals surface area (Å²) in [5.74, 6) is -0.375. The summed E-state index contributed by atoms with van der Waals surface area (Å²) >= 11 is 0. The molecule has 0 spiro atoms. The molecule has 2 aromatic heterocycles. The molecular weight excluding hydrogens is 493 g/mol. The largest absolute Gasteiger partial charge is 0.476 e. The molecule has 2 bridgehead atoms. The zero-order valence-corrected chi connectivity index (χ0v) is 22.5. The molecule has 2 saturated heterocycles. The van der Waals surface area contributed by atoms with E-state index < -0.39 is 28.5 Å². The predicted molar refractivity (Wildman–Crippen MR) is 136 cm³/mol. The number of aryl methyl sites for hydroxylation is 1. The molecule has 0 radical (unpaired) electrons. The fraction of sp³-hybridized carbons (Fsp3) is 0.643. The molecule has 4 heterocycles. The van der Waals surface area contributed by atoms with E-state index in [4.69, 9.17) is 18.9 Å². The lowest BCUT2D eigenvalue weighted by molar-refractivity contribution is -0.163. The lowest BCUT2D eigenvalue weighted by Crippen LogP contribution is -2.63. The van der Waals surface area contributed by atoms with E-state index in [1.807, 2.05) is 20.8 Å². The van der Waals surface area contributed by atoms with Crippen LogP contribution in [0.25, 0.3) is 11.0 Å². The van der Waals surface area contributed by atoms with Gasteiger partial charge in [0.15, 0.2) is 0 Å². The third-order valence-corrected chi connectivity index (χ3v) is 8.08. The zero-order chi connectivity index (χ0) is 27.2. The molecule has 1 N–H and O–H groups in total. The molecule has 4 aliphatic rings.